The molecule has 0 amide bonds. The number of likely N-dealkylation sites (N-methyl/N-ethyl adjacent to an activating group) is 1. The summed E-state index contributed by atoms with van der Waals surface area (Å²) in [6.07, 6.45) is 0.796. The highest BCUT2D eigenvalue weighted by molar-refractivity contribution is 6.01. The monoisotopic (exact) mass is 347 g/mol. The van der Waals surface area contributed by atoms with E-state index in [0.717, 1.165) is 29.8 Å². The maximum atomic E-state index is 12.7. The Hall–Kier alpha value is -1.84. The van der Waals surface area contributed by atoms with Gasteiger partial charge in [-0.25, -0.2) is 0 Å². The summed E-state index contributed by atoms with van der Waals surface area (Å²) in [5.74, 6) is 0.881. The second-order valence-corrected chi connectivity index (χ2v) is 5.91. The highest BCUT2D eigenvalue weighted by Gasteiger charge is 2.19. The van der Waals surface area contributed by atoms with Crippen molar-refractivity contribution in [2.24, 2.45) is 0 Å². The van der Waals surface area contributed by atoms with Crippen LogP contribution in [0.15, 0.2) is 54.6 Å². The highest BCUT2D eigenvalue weighted by atomic mass is 35.5. The summed E-state index contributed by atoms with van der Waals surface area (Å²) in [5, 5.41) is 0. The molecule has 130 valence electrons. The summed E-state index contributed by atoms with van der Waals surface area (Å²) in [6.45, 7) is 3.56. The van der Waals surface area contributed by atoms with Gasteiger partial charge in [-0.15, -0.1) is 12.4 Å². The molecule has 0 saturated carbocycles. The molecule has 4 heteroatoms. The van der Waals surface area contributed by atoms with E-state index in [4.69, 9.17) is 4.74 Å². The summed E-state index contributed by atoms with van der Waals surface area (Å²) in [7, 11) is 4.03. The zero-order valence-corrected chi connectivity index (χ0v) is 15.4. The number of carbonyl (C=O) groups is 1. The Labute approximate surface area is 151 Å². The van der Waals surface area contributed by atoms with Gasteiger partial charge < -0.3 is 9.64 Å². The van der Waals surface area contributed by atoms with Crippen LogP contribution in [-0.2, 0) is 0 Å². The Balaban J connectivity index is 0.00000288. The van der Waals surface area contributed by atoms with Crippen molar-refractivity contribution in [3.05, 3.63) is 65.7 Å². The van der Waals surface area contributed by atoms with Crippen molar-refractivity contribution in [3.8, 4) is 5.75 Å². The van der Waals surface area contributed by atoms with Crippen LogP contribution in [0.5, 0.6) is 5.75 Å². The second kappa shape index (κ2) is 10.1. The molecule has 0 spiro atoms. The van der Waals surface area contributed by atoms with Gasteiger partial charge in [-0.2, -0.15) is 0 Å². The minimum atomic E-state index is -0.0864. The van der Waals surface area contributed by atoms with Gasteiger partial charge in [0.05, 0.1) is 0 Å². The van der Waals surface area contributed by atoms with Gasteiger partial charge >= 0.3 is 0 Å². The van der Waals surface area contributed by atoms with Crippen molar-refractivity contribution in [3.63, 3.8) is 0 Å². The Morgan fingerprint density at radius 1 is 1.04 bits per heavy atom. The van der Waals surface area contributed by atoms with E-state index in [-0.39, 0.29) is 24.1 Å². The fraction of sp³-hybridized carbons (Fsp3) is 0.350. The number of Topliss-reactive ketones (excluding diaryl/α,β-unsaturated/α-hetero) is 1. The molecule has 0 aliphatic rings. The molecule has 0 aliphatic carbocycles. The standard InChI is InChI=1S/C20H25NO2.ClH/c1-4-19(16-8-6-5-7-9-16)20(22)17-10-12-18(13-11-17)23-15-14-21(2)3;/h5-13,19H,4,14-15H2,1-3H3;1H. The predicted octanol–water partition coefficient (Wildman–Crippen LogP) is 4.43. The van der Waals surface area contributed by atoms with Crippen LogP contribution in [0.4, 0.5) is 0 Å². The fourth-order valence-electron chi connectivity index (χ4n) is 2.52. The molecule has 0 aromatic heterocycles. The van der Waals surface area contributed by atoms with E-state index in [1.807, 2.05) is 75.6 Å². The number of hydrogen-bond acceptors (Lipinski definition) is 3. The van der Waals surface area contributed by atoms with Crippen molar-refractivity contribution >= 4 is 18.2 Å². The highest BCUT2D eigenvalue weighted by Crippen LogP contribution is 2.25. The lowest BCUT2D eigenvalue weighted by atomic mass is 9.89. The van der Waals surface area contributed by atoms with Crippen LogP contribution in [0.2, 0.25) is 0 Å². The van der Waals surface area contributed by atoms with E-state index in [1.54, 1.807) is 0 Å². The molecule has 0 fully saturated rings. The van der Waals surface area contributed by atoms with E-state index < -0.39 is 0 Å². The van der Waals surface area contributed by atoms with Crippen LogP contribution in [0.25, 0.3) is 0 Å². The molecular weight excluding hydrogens is 322 g/mol. The summed E-state index contributed by atoms with van der Waals surface area (Å²) >= 11 is 0. The number of ether oxygens (including phenoxy) is 1. The smallest absolute Gasteiger partial charge is 0.170 e. The molecule has 0 heterocycles. The quantitative estimate of drug-likeness (QED) is 0.662. The van der Waals surface area contributed by atoms with Gasteiger partial charge in [-0.1, -0.05) is 37.3 Å². The van der Waals surface area contributed by atoms with Crippen LogP contribution in [0.3, 0.4) is 0 Å². The number of rotatable bonds is 8. The molecule has 0 N–H and O–H groups in total. The van der Waals surface area contributed by atoms with Gasteiger partial charge in [0.15, 0.2) is 5.78 Å². The first kappa shape index (κ1) is 20.2. The molecule has 0 radical (unpaired) electrons. The van der Waals surface area contributed by atoms with E-state index in [9.17, 15) is 4.79 Å². The minimum Gasteiger partial charge on any atom is -0.492 e. The zero-order valence-electron chi connectivity index (χ0n) is 14.6. The van der Waals surface area contributed by atoms with Gasteiger partial charge in [0, 0.05) is 18.0 Å². The van der Waals surface area contributed by atoms with Gasteiger partial charge in [-0.05, 0) is 50.3 Å². The van der Waals surface area contributed by atoms with Crippen LogP contribution in [0.1, 0.15) is 35.2 Å². The van der Waals surface area contributed by atoms with Crippen LogP contribution < -0.4 is 4.74 Å². The fourth-order valence-corrected chi connectivity index (χ4v) is 2.52. The molecule has 2 aromatic carbocycles. The summed E-state index contributed by atoms with van der Waals surface area (Å²) in [5.41, 5.74) is 1.81. The van der Waals surface area contributed by atoms with Crippen molar-refractivity contribution in [2.75, 3.05) is 27.2 Å². The average Bonchev–Trinajstić information content (AvgIpc) is 2.57. The second-order valence-electron chi connectivity index (χ2n) is 5.91. The maximum absolute atomic E-state index is 12.7. The lowest BCUT2D eigenvalue weighted by Gasteiger charge is -2.15. The Kier molecular flexibility index (Phi) is 8.51. The van der Waals surface area contributed by atoms with E-state index in [0.29, 0.717) is 6.61 Å². The molecule has 0 saturated heterocycles. The molecule has 2 aromatic rings. The topological polar surface area (TPSA) is 29.5 Å². The average molecular weight is 348 g/mol. The third-order valence-electron chi connectivity index (χ3n) is 3.87. The van der Waals surface area contributed by atoms with Gasteiger partial charge in [0.25, 0.3) is 0 Å². The SMILES string of the molecule is CCC(C(=O)c1ccc(OCCN(C)C)cc1)c1ccccc1.Cl. The van der Waals surface area contributed by atoms with Crippen molar-refractivity contribution < 1.29 is 9.53 Å². The molecule has 3 nitrogen and oxygen atoms in total. The number of benzene rings is 2. The normalized spacial score (nSPS) is 11.7. The molecule has 1 atom stereocenters. The first-order valence-electron chi connectivity index (χ1n) is 8.08. The van der Waals surface area contributed by atoms with Gasteiger partial charge in [0.1, 0.15) is 12.4 Å². The third-order valence-corrected chi connectivity index (χ3v) is 3.87. The lowest BCUT2D eigenvalue weighted by Crippen LogP contribution is -2.19. The molecule has 0 aliphatic heterocycles. The molecule has 2 rings (SSSR count). The first-order valence-corrected chi connectivity index (χ1v) is 8.08. The summed E-state index contributed by atoms with van der Waals surface area (Å²) in [4.78, 5) is 14.8. The Morgan fingerprint density at radius 2 is 1.67 bits per heavy atom. The molecular formula is C20H26ClNO2. The molecule has 1 unspecified atom stereocenters. The molecule has 24 heavy (non-hydrogen) atoms. The first-order chi connectivity index (χ1) is 11.1. The van der Waals surface area contributed by atoms with Crippen LogP contribution >= 0.6 is 12.4 Å². The van der Waals surface area contributed by atoms with E-state index >= 15 is 0 Å². The van der Waals surface area contributed by atoms with Crippen LogP contribution in [0, 0.1) is 0 Å². The van der Waals surface area contributed by atoms with Crippen LogP contribution in [-0.4, -0.2) is 37.9 Å². The molecule has 0 bridgehead atoms. The third kappa shape index (κ3) is 5.66. The van der Waals surface area contributed by atoms with Crippen molar-refractivity contribution in [1.82, 2.24) is 4.90 Å². The predicted molar refractivity (Wildman–Crippen MR) is 102 cm³/mol. The number of nitrogens with zero attached hydrogens (tertiary/aromatic N) is 1. The Bertz CT molecular complexity index is 611. The minimum absolute atomic E-state index is 0. The van der Waals surface area contributed by atoms with Gasteiger partial charge in [0.2, 0.25) is 0 Å². The maximum Gasteiger partial charge on any atom is 0.170 e. The van der Waals surface area contributed by atoms with Gasteiger partial charge in [-0.3, -0.25) is 4.79 Å². The van der Waals surface area contributed by atoms with E-state index in [1.165, 1.54) is 0 Å². The van der Waals surface area contributed by atoms with E-state index in [2.05, 4.69) is 4.90 Å². The number of halogens is 1. The Morgan fingerprint density at radius 3 is 2.21 bits per heavy atom. The zero-order chi connectivity index (χ0) is 16.7. The number of hydrogen-bond donors (Lipinski definition) is 0. The number of carbonyl (C=O) groups excluding carboxylic acids is 1. The lowest BCUT2D eigenvalue weighted by molar-refractivity contribution is 0.0957. The van der Waals surface area contributed by atoms with Crippen molar-refractivity contribution in [2.45, 2.75) is 19.3 Å². The van der Waals surface area contributed by atoms with Crippen molar-refractivity contribution in [1.29, 1.82) is 0 Å². The summed E-state index contributed by atoms with van der Waals surface area (Å²) < 4.78 is 5.67. The number of ketones is 1. The summed E-state index contributed by atoms with van der Waals surface area (Å²) in [6, 6.07) is 17.4. The largest absolute Gasteiger partial charge is 0.492 e.